The number of methoxy groups -OCH3 is 2. The normalized spacial score (nSPS) is 10.7. The number of anilines is 1. The van der Waals surface area contributed by atoms with Crippen LogP contribution in [-0.4, -0.2) is 45.2 Å². The molecule has 26 heavy (non-hydrogen) atoms. The fourth-order valence-corrected chi connectivity index (χ4v) is 2.45. The molecular formula is C19H22F2N2O3. The fourth-order valence-electron chi connectivity index (χ4n) is 2.45. The Balaban J connectivity index is 1.85. The van der Waals surface area contributed by atoms with E-state index in [1.54, 1.807) is 14.2 Å². The van der Waals surface area contributed by atoms with Crippen LogP contribution < -0.4 is 14.8 Å². The molecule has 0 aliphatic heterocycles. The largest absolute Gasteiger partial charge is 0.493 e. The zero-order valence-electron chi connectivity index (χ0n) is 15.0. The number of likely N-dealkylation sites (N-methyl/N-ethyl adjacent to an activating group) is 1. The van der Waals surface area contributed by atoms with Crippen molar-refractivity contribution in [1.29, 1.82) is 0 Å². The number of nitrogens with zero attached hydrogens (tertiary/aromatic N) is 1. The molecule has 0 bridgehead atoms. The number of carbonyl (C=O) groups is 1. The first-order valence-electron chi connectivity index (χ1n) is 8.07. The lowest BCUT2D eigenvalue weighted by Gasteiger charge is -2.17. The van der Waals surface area contributed by atoms with Crippen molar-refractivity contribution in [1.82, 2.24) is 4.90 Å². The van der Waals surface area contributed by atoms with Gasteiger partial charge in [0.15, 0.2) is 23.1 Å². The van der Waals surface area contributed by atoms with E-state index in [-0.39, 0.29) is 18.1 Å². The molecule has 7 heteroatoms. The number of benzene rings is 2. The minimum absolute atomic E-state index is 0.131. The van der Waals surface area contributed by atoms with Gasteiger partial charge >= 0.3 is 0 Å². The molecule has 0 aliphatic carbocycles. The van der Waals surface area contributed by atoms with E-state index in [0.29, 0.717) is 18.0 Å². The molecule has 0 fully saturated rings. The molecule has 2 rings (SSSR count). The maximum Gasteiger partial charge on any atom is 0.238 e. The molecule has 0 aromatic heterocycles. The first-order chi connectivity index (χ1) is 12.4. The predicted molar refractivity (Wildman–Crippen MR) is 95.7 cm³/mol. The van der Waals surface area contributed by atoms with E-state index in [1.807, 2.05) is 30.1 Å². The zero-order valence-corrected chi connectivity index (χ0v) is 15.0. The Morgan fingerprint density at radius 3 is 2.42 bits per heavy atom. The number of hydrogen-bond donors (Lipinski definition) is 1. The fraction of sp³-hybridized carbons (Fsp3) is 0.316. The van der Waals surface area contributed by atoms with Crippen molar-refractivity contribution < 1.29 is 23.0 Å². The summed E-state index contributed by atoms with van der Waals surface area (Å²) in [4.78, 5) is 13.8. The molecule has 2 aromatic carbocycles. The Morgan fingerprint density at radius 1 is 1.04 bits per heavy atom. The molecule has 0 spiro atoms. The van der Waals surface area contributed by atoms with E-state index in [1.165, 1.54) is 6.07 Å². The summed E-state index contributed by atoms with van der Waals surface area (Å²) in [6.07, 6.45) is 0.718. The van der Waals surface area contributed by atoms with E-state index in [4.69, 9.17) is 9.47 Å². The van der Waals surface area contributed by atoms with Crippen LogP contribution >= 0.6 is 0 Å². The average molecular weight is 364 g/mol. The van der Waals surface area contributed by atoms with E-state index < -0.39 is 11.6 Å². The van der Waals surface area contributed by atoms with Crippen molar-refractivity contribution in [3.63, 3.8) is 0 Å². The summed E-state index contributed by atoms with van der Waals surface area (Å²) in [6.45, 7) is 0.771. The minimum atomic E-state index is -0.996. The topological polar surface area (TPSA) is 50.8 Å². The van der Waals surface area contributed by atoms with Crippen molar-refractivity contribution in [3.05, 3.63) is 53.6 Å². The Kier molecular flexibility index (Phi) is 6.91. The van der Waals surface area contributed by atoms with Gasteiger partial charge in [0.1, 0.15) is 0 Å². The maximum absolute atomic E-state index is 13.2. The van der Waals surface area contributed by atoms with Gasteiger partial charge < -0.3 is 14.8 Å². The van der Waals surface area contributed by atoms with E-state index in [2.05, 4.69) is 5.32 Å². The van der Waals surface area contributed by atoms with Gasteiger partial charge in [0.25, 0.3) is 0 Å². The van der Waals surface area contributed by atoms with Crippen molar-refractivity contribution >= 4 is 11.6 Å². The first kappa shape index (κ1) is 19.7. The molecule has 0 heterocycles. The zero-order chi connectivity index (χ0) is 19.1. The lowest BCUT2D eigenvalue weighted by atomic mass is 10.1. The number of nitrogens with one attached hydrogen (secondary N) is 1. The second-order valence-corrected chi connectivity index (χ2v) is 5.85. The smallest absolute Gasteiger partial charge is 0.238 e. The minimum Gasteiger partial charge on any atom is -0.493 e. The molecule has 0 saturated heterocycles. The number of hydrogen-bond acceptors (Lipinski definition) is 4. The molecule has 2 aromatic rings. The van der Waals surface area contributed by atoms with Gasteiger partial charge in [-0.3, -0.25) is 9.69 Å². The molecule has 0 saturated carbocycles. The van der Waals surface area contributed by atoms with Crippen LogP contribution in [0.3, 0.4) is 0 Å². The van der Waals surface area contributed by atoms with Gasteiger partial charge in [0.05, 0.1) is 20.8 Å². The van der Waals surface area contributed by atoms with Crippen molar-refractivity contribution in [2.75, 3.05) is 39.7 Å². The monoisotopic (exact) mass is 364 g/mol. The highest BCUT2D eigenvalue weighted by Crippen LogP contribution is 2.27. The molecule has 0 atom stereocenters. The van der Waals surface area contributed by atoms with Crippen LogP contribution in [0, 0.1) is 11.6 Å². The quantitative estimate of drug-likeness (QED) is 0.782. The molecule has 1 amide bonds. The third kappa shape index (κ3) is 5.42. The maximum atomic E-state index is 13.2. The molecule has 140 valence electrons. The van der Waals surface area contributed by atoms with Crippen LogP contribution in [0.4, 0.5) is 14.5 Å². The van der Waals surface area contributed by atoms with Gasteiger partial charge in [-0.05, 0) is 43.3 Å². The molecular weight excluding hydrogens is 342 g/mol. The molecule has 5 nitrogen and oxygen atoms in total. The summed E-state index contributed by atoms with van der Waals surface area (Å²) in [5.41, 5.74) is 1.28. The summed E-state index contributed by atoms with van der Waals surface area (Å²) in [6, 6.07) is 8.93. The lowest BCUT2D eigenvalue weighted by Crippen LogP contribution is -2.31. The van der Waals surface area contributed by atoms with Gasteiger partial charge in [-0.1, -0.05) is 6.07 Å². The van der Waals surface area contributed by atoms with Crippen molar-refractivity contribution in [2.45, 2.75) is 6.42 Å². The van der Waals surface area contributed by atoms with Crippen LogP contribution in [0.1, 0.15) is 5.56 Å². The summed E-state index contributed by atoms with van der Waals surface area (Å²) >= 11 is 0. The number of rotatable bonds is 8. The van der Waals surface area contributed by atoms with Crippen LogP contribution in [0.2, 0.25) is 0 Å². The summed E-state index contributed by atoms with van der Waals surface area (Å²) < 4.78 is 36.5. The van der Waals surface area contributed by atoms with Crippen LogP contribution in [0.25, 0.3) is 0 Å². The third-order valence-electron chi connectivity index (χ3n) is 3.85. The Hall–Kier alpha value is -2.67. The van der Waals surface area contributed by atoms with Gasteiger partial charge in [-0.25, -0.2) is 8.78 Å². The van der Waals surface area contributed by atoms with Crippen LogP contribution in [-0.2, 0) is 11.2 Å². The number of halogens is 2. The highest BCUT2D eigenvalue weighted by atomic mass is 19.2. The molecule has 0 aliphatic rings. The van der Waals surface area contributed by atoms with Gasteiger partial charge in [-0.2, -0.15) is 0 Å². The SMILES string of the molecule is COc1ccc(CCN(C)CC(=O)Nc2ccc(F)c(F)c2)cc1OC. The second kappa shape index (κ2) is 9.15. The molecule has 0 unspecified atom stereocenters. The van der Waals surface area contributed by atoms with E-state index in [9.17, 15) is 13.6 Å². The Labute approximate surface area is 151 Å². The number of carbonyl (C=O) groups excluding carboxylic acids is 1. The van der Waals surface area contributed by atoms with Gasteiger partial charge in [0.2, 0.25) is 5.91 Å². The number of amides is 1. The van der Waals surface area contributed by atoms with Gasteiger partial charge in [-0.15, -0.1) is 0 Å². The summed E-state index contributed by atoms with van der Waals surface area (Å²) in [5, 5.41) is 2.55. The van der Waals surface area contributed by atoms with Crippen molar-refractivity contribution in [3.8, 4) is 11.5 Å². The van der Waals surface area contributed by atoms with Gasteiger partial charge in [0, 0.05) is 18.3 Å². The third-order valence-corrected chi connectivity index (χ3v) is 3.85. The first-order valence-corrected chi connectivity index (χ1v) is 8.07. The van der Waals surface area contributed by atoms with Crippen LogP contribution in [0.15, 0.2) is 36.4 Å². The Morgan fingerprint density at radius 2 is 1.77 bits per heavy atom. The Bertz CT molecular complexity index is 768. The second-order valence-electron chi connectivity index (χ2n) is 5.85. The van der Waals surface area contributed by atoms with Crippen molar-refractivity contribution in [2.24, 2.45) is 0 Å². The molecule has 1 N–H and O–H groups in total. The van der Waals surface area contributed by atoms with E-state index in [0.717, 1.165) is 24.1 Å². The lowest BCUT2D eigenvalue weighted by molar-refractivity contribution is -0.117. The summed E-state index contributed by atoms with van der Waals surface area (Å²) in [5.74, 6) is -0.926. The predicted octanol–water partition coefficient (Wildman–Crippen LogP) is 3.10. The standard InChI is InChI=1S/C19H22F2N2O3/c1-23(9-8-13-4-7-17(25-2)18(10-13)26-3)12-19(24)22-14-5-6-15(20)16(21)11-14/h4-7,10-11H,8-9,12H2,1-3H3,(H,22,24). The highest BCUT2D eigenvalue weighted by molar-refractivity contribution is 5.92. The highest BCUT2D eigenvalue weighted by Gasteiger charge is 2.10. The molecule has 0 radical (unpaired) electrons. The summed E-state index contributed by atoms with van der Waals surface area (Å²) in [7, 11) is 4.97. The average Bonchev–Trinajstić information content (AvgIpc) is 2.62. The van der Waals surface area contributed by atoms with E-state index >= 15 is 0 Å². The van der Waals surface area contributed by atoms with Crippen LogP contribution in [0.5, 0.6) is 11.5 Å². The number of ether oxygens (including phenoxy) is 2.